The molecule has 1 aliphatic carbocycles. The number of carbonyl (C=O) groups is 1. The molecule has 7 heteroatoms. The van der Waals surface area contributed by atoms with Crippen LogP contribution in [0.4, 0.5) is 0 Å². The van der Waals surface area contributed by atoms with Crippen molar-refractivity contribution in [1.29, 1.82) is 0 Å². The first kappa shape index (κ1) is 19.6. The quantitative estimate of drug-likeness (QED) is 0.778. The molecule has 1 aliphatic heterocycles. The fourth-order valence-electron chi connectivity index (χ4n) is 3.89. The molecule has 1 aromatic heterocycles. The maximum absolute atomic E-state index is 13.3. The molecule has 1 fully saturated rings. The molecule has 0 spiro atoms. The first-order valence-corrected chi connectivity index (χ1v) is 10.2. The Morgan fingerprint density at radius 2 is 1.93 bits per heavy atom. The molecule has 5 nitrogen and oxygen atoms in total. The predicted molar refractivity (Wildman–Crippen MR) is 107 cm³/mol. The number of rotatable bonds is 6. The van der Waals surface area contributed by atoms with E-state index in [1.165, 1.54) is 0 Å². The maximum atomic E-state index is 13.3. The number of nitrogens with zero attached hydrogens (tertiary/aromatic N) is 2. The van der Waals surface area contributed by atoms with Crippen molar-refractivity contribution in [3.63, 3.8) is 0 Å². The Kier molecular flexibility index (Phi) is 5.88. The predicted octanol–water partition coefficient (Wildman–Crippen LogP) is 3.31. The van der Waals surface area contributed by atoms with Crippen LogP contribution in [0.15, 0.2) is 36.7 Å². The number of benzene rings is 1. The van der Waals surface area contributed by atoms with Gasteiger partial charge in [0.05, 0.1) is 35.9 Å². The zero-order valence-corrected chi connectivity index (χ0v) is 16.9. The van der Waals surface area contributed by atoms with Crippen molar-refractivity contribution in [3.05, 3.63) is 63.4 Å². The lowest BCUT2D eigenvalue weighted by Gasteiger charge is -2.34. The molecule has 0 bridgehead atoms. The fraction of sp³-hybridized carbons (Fsp3) is 0.429. The summed E-state index contributed by atoms with van der Waals surface area (Å²) in [5.41, 5.74) is 2.86. The molecule has 28 heavy (non-hydrogen) atoms. The zero-order chi connectivity index (χ0) is 19.7. The summed E-state index contributed by atoms with van der Waals surface area (Å²) in [6.07, 6.45) is 3.81. The van der Waals surface area contributed by atoms with Gasteiger partial charge in [-0.25, -0.2) is 0 Å². The number of aromatic nitrogens is 1. The van der Waals surface area contributed by atoms with Crippen molar-refractivity contribution in [3.8, 4) is 0 Å². The molecule has 2 aliphatic rings. The van der Waals surface area contributed by atoms with Crippen molar-refractivity contribution >= 4 is 29.1 Å². The van der Waals surface area contributed by atoms with Gasteiger partial charge in [0.2, 0.25) is 5.91 Å². The normalized spacial score (nSPS) is 17.8. The van der Waals surface area contributed by atoms with Crippen LogP contribution in [0, 0.1) is 11.8 Å². The summed E-state index contributed by atoms with van der Waals surface area (Å²) in [5.74, 6) is 0.211. The number of amides is 1. The van der Waals surface area contributed by atoms with Gasteiger partial charge in [0.1, 0.15) is 0 Å². The molecule has 1 saturated heterocycles. The lowest BCUT2D eigenvalue weighted by Crippen LogP contribution is -2.46. The summed E-state index contributed by atoms with van der Waals surface area (Å²) in [4.78, 5) is 19.2. The third kappa shape index (κ3) is 4.18. The van der Waals surface area contributed by atoms with E-state index < -0.39 is 6.10 Å². The van der Waals surface area contributed by atoms with Gasteiger partial charge >= 0.3 is 0 Å². The van der Waals surface area contributed by atoms with E-state index in [1.54, 1.807) is 23.4 Å². The van der Waals surface area contributed by atoms with Crippen LogP contribution in [-0.4, -0.2) is 47.2 Å². The molecule has 0 saturated carbocycles. The Bertz CT molecular complexity index is 827. The topological polar surface area (TPSA) is 62.7 Å². The number of hydrogen-bond donors (Lipinski definition) is 1. The van der Waals surface area contributed by atoms with E-state index in [9.17, 15) is 9.90 Å². The van der Waals surface area contributed by atoms with Gasteiger partial charge in [0.15, 0.2) is 0 Å². The van der Waals surface area contributed by atoms with E-state index >= 15 is 0 Å². The van der Waals surface area contributed by atoms with Gasteiger partial charge in [-0.2, -0.15) is 0 Å². The fourth-order valence-corrected chi connectivity index (χ4v) is 4.26. The van der Waals surface area contributed by atoms with E-state index in [0.717, 1.165) is 11.1 Å². The molecule has 148 valence electrons. The zero-order valence-electron chi connectivity index (χ0n) is 15.4. The molecule has 0 radical (unpaired) electrons. The lowest BCUT2D eigenvalue weighted by molar-refractivity contribution is -0.140. The maximum Gasteiger partial charge on any atom is 0.226 e. The van der Waals surface area contributed by atoms with Crippen molar-refractivity contribution in [2.75, 3.05) is 26.3 Å². The van der Waals surface area contributed by atoms with Gasteiger partial charge in [-0.15, -0.1) is 0 Å². The average molecular weight is 421 g/mol. The number of fused-ring (bicyclic) bond motifs is 1. The Hall–Kier alpha value is -1.66. The van der Waals surface area contributed by atoms with Crippen LogP contribution >= 0.6 is 23.2 Å². The summed E-state index contributed by atoms with van der Waals surface area (Å²) in [5, 5.41) is 11.7. The number of ether oxygens (including phenoxy) is 1. The Morgan fingerprint density at radius 1 is 1.25 bits per heavy atom. The highest BCUT2D eigenvalue weighted by atomic mass is 35.5. The van der Waals surface area contributed by atoms with Crippen LogP contribution in [0.1, 0.15) is 22.8 Å². The van der Waals surface area contributed by atoms with Gasteiger partial charge < -0.3 is 14.7 Å². The number of aliphatic hydroxyl groups excluding tert-OH is 1. The van der Waals surface area contributed by atoms with E-state index in [0.29, 0.717) is 54.1 Å². The van der Waals surface area contributed by atoms with Crippen LogP contribution in [-0.2, 0) is 22.4 Å². The molecule has 1 atom stereocenters. The van der Waals surface area contributed by atoms with Crippen LogP contribution in [0.2, 0.25) is 10.0 Å². The van der Waals surface area contributed by atoms with Gasteiger partial charge in [-0.3, -0.25) is 9.78 Å². The monoisotopic (exact) mass is 420 g/mol. The second kappa shape index (κ2) is 8.37. The summed E-state index contributed by atoms with van der Waals surface area (Å²) in [7, 11) is 0. The number of pyridine rings is 1. The van der Waals surface area contributed by atoms with Gasteiger partial charge in [0, 0.05) is 36.3 Å². The van der Waals surface area contributed by atoms with Crippen molar-refractivity contribution in [2.24, 2.45) is 11.8 Å². The Balaban J connectivity index is 1.49. The van der Waals surface area contributed by atoms with E-state index in [4.69, 9.17) is 27.9 Å². The molecule has 1 unspecified atom stereocenters. The van der Waals surface area contributed by atoms with E-state index in [1.807, 2.05) is 18.2 Å². The molecule has 2 aromatic rings. The Labute approximate surface area is 174 Å². The standard InChI is InChI=1S/C21H22Cl2N2O3/c22-18-6-15-4-17(5-16(15)7-19(18)23)21(27)25(9-13-11-28-12-13)10-20(26)14-2-1-3-24-8-14/h1-3,6-8,13,17,20,26H,4-5,9-12H2. The third-order valence-corrected chi connectivity index (χ3v) is 6.21. The summed E-state index contributed by atoms with van der Waals surface area (Å²) in [6.45, 7) is 2.14. The minimum absolute atomic E-state index is 0.0540. The summed E-state index contributed by atoms with van der Waals surface area (Å²) in [6, 6.07) is 7.33. The molecule has 1 N–H and O–H groups in total. The lowest BCUT2D eigenvalue weighted by atomic mass is 10.0. The largest absolute Gasteiger partial charge is 0.386 e. The SMILES string of the molecule is O=C(C1Cc2cc(Cl)c(Cl)cc2C1)N(CC1COC1)CC(O)c1cccnc1. The van der Waals surface area contributed by atoms with Gasteiger partial charge in [-0.05, 0) is 42.2 Å². The minimum Gasteiger partial charge on any atom is -0.386 e. The smallest absolute Gasteiger partial charge is 0.226 e. The van der Waals surface area contributed by atoms with Crippen LogP contribution in [0.3, 0.4) is 0 Å². The molecule has 2 heterocycles. The number of hydrogen-bond acceptors (Lipinski definition) is 4. The molecule has 1 amide bonds. The van der Waals surface area contributed by atoms with Crippen molar-refractivity contribution < 1.29 is 14.6 Å². The van der Waals surface area contributed by atoms with Crippen molar-refractivity contribution in [2.45, 2.75) is 18.9 Å². The number of carbonyl (C=O) groups excluding carboxylic acids is 1. The average Bonchev–Trinajstić information content (AvgIpc) is 3.06. The molecule has 1 aromatic carbocycles. The first-order chi connectivity index (χ1) is 13.5. The summed E-state index contributed by atoms with van der Waals surface area (Å²) >= 11 is 12.3. The van der Waals surface area contributed by atoms with Crippen LogP contribution in [0.25, 0.3) is 0 Å². The summed E-state index contributed by atoms with van der Waals surface area (Å²) < 4.78 is 5.27. The highest BCUT2D eigenvalue weighted by Gasteiger charge is 2.34. The van der Waals surface area contributed by atoms with Gasteiger partial charge in [0.25, 0.3) is 0 Å². The molecular weight excluding hydrogens is 399 g/mol. The van der Waals surface area contributed by atoms with E-state index in [-0.39, 0.29) is 18.4 Å². The Morgan fingerprint density at radius 3 is 2.46 bits per heavy atom. The second-order valence-corrected chi connectivity index (χ2v) is 8.40. The van der Waals surface area contributed by atoms with Crippen LogP contribution in [0.5, 0.6) is 0 Å². The van der Waals surface area contributed by atoms with E-state index in [2.05, 4.69) is 4.98 Å². The van der Waals surface area contributed by atoms with Crippen LogP contribution < -0.4 is 0 Å². The first-order valence-electron chi connectivity index (χ1n) is 9.42. The number of halogens is 2. The minimum atomic E-state index is -0.772. The highest BCUT2D eigenvalue weighted by molar-refractivity contribution is 6.42. The molecule has 4 rings (SSSR count). The van der Waals surface area contributed by atoms with Crippen molar-refractivity contribution in [1.82, 2.24) is 9.88 Å². The number of aliphatic hydroxyl groups is 1. The highest BCUT2D eigenvalue weighted by Crippen LogP contribution is 2.35. The van der Waals surface area contributed by atoms with Gasteiger partial charge in [-0.1, -0.05) is 29.3 Å². The molecular formula is C21H22Cl2N2O3. The third-order valence-electron chi connectivity index (χ3n) is 5.48. The second-order valence-electron chi connectivity index (χ2n) is 7.59.